The molecule has 0 nitrogen and oxygen atoms in total. The predicted octanol–water partition coefficient (Wildman–Crippen LogP) is 8.74. The molecule has 0 fully saturated rings. The Morgan fingerprint density at radius 1 is 0.538 bits per heavy atom. The van der Waals surface area contributed by atoms with Crippen molar-refractivity contribution in [3.05, 3.63) is 71.8 Å². The second-order valence-corrected chi connectivity index (χ2v) is 7.43. The molecule has 144 valence electrons. The van der Waals surface area contributed by atoms with E-state index >= 15 is 0 Å². The SMILES string of the molecule is C.CCCCC(CCCC(CCCC)c1ccccc1)c1ccccc1. The molecule has 0 aliphatic heterocycles. The van der Waals surface area contributed by atoms with Crippen LogP contribution in [0.15, 0.2) is 60.7 Å². The molecule has 2 aromatic rings. The summed E-state index contributed by atoms with van der Waals surface area (Å²) in [6, 6.07) is 22.4. The van der Waals surface area contributed by atoms with Crippen LogP contribution < -0.4 is 0 Å². The van der Waals surface area contributed by atoms with Gasteiger partial charge in [0.05, 0.1) is 0 Å². The fourth-order valence-electron chi connectivity index (χ4n) is 3.92. The number of hydrogen-bond donors (Lipinski definition) is 0. The summed E-state index contributed by atoms with van der Waals surface area (Å²) in [7, 11) is 0. The summed E-state index contributed by atoms with van der Waals surface area (Å²) in [5.41, 5.74) is 3.08. The lowest BCUT2D eigenvalue weighted by Gasteiger charge is -2.21. The van der Waals surface area contributed by atoms with Crippen molar-refractivity contribution in [1.82, 2.24) is 0 Å². The number of rotatable bonds is 12. The lowest BCUT2D eigenvalue weighted by Crippen LogP contribution is -2.03. The Balaban J connectivity index is 0.00000338. The summed E-state index contributed by atoms with van der Waals surface area (Å²) in [5.74, 6) is 1.48. The van der Waals surface area contributed by atoms with Crippen molar-refractivity contribution in [2.24, 2.45) is 0 Å². The average Bonchev–Trinajstić information content (AvgIpc) is 2.68. The van der Waals surface area contributed by atoms with Gasteiger partial charge in [-0.2, -0.15) is 0 Å². The molecule has 0 saturated heterocycles. The van der Waals surface area contributed by atoms with Gasteiger partial charge in [0.2, 0.25) is 0 Å². The second-order valence-electron chi connectivity index (χ2n) is 7.43. The van der Waals surface area contributed by atoms with Crippen molar-refractivity contribution in [2.75, 3.05) is 0 Å². The van der Waals surface area contributed by atoms with Gasteiger partial charge in [-0.05, 0) is 48.6 Å². The third-order valence-electron chi connectivity index (χ3n) is 5.46. The molecular weight excluding hydrogens is 312 g/mol. The van der Waals surface area contributed by atoms with E-state index in [-0.39, 0.29) is 7.43 Å². The summed E-state index contributed by atoms with van der Waals surface area (Å²) in [4.78, 5) is 0. The highest BCUT2D eigenvalue weighted by atomic mass is 14.2. The third-order valence-corrected chi connectivity index (χ3v) is 5.46. The molecule has 0 aliphatic rings. The molecular formula is C26H40. The Morgan fingerprint density at radius 3 is 1.23 bits per heavy atom. The highest BCUT2D eigenvalue weighted by Gasteiger charge is 2.14. The van der Waals surface area contributed by atoms with Crippen LogP contribution in [0.3, 0.4) is 0 Å². The van der Waals surface area contributed by atoms with Gasteiger partial charge in [-0.15, -0.1) is 0 Å². The minimum absolute atomic E-state index is 0. The van der Waals surface area contributed by atoms with Crippen molar-refractivity contribution < 1.29 is 0 Å². The monoisotopic (exact) mass is 352 g/mol. The second kappa shape index (κ2) is 13.6. The van der Waals surface area contributed by atoms with Crippen molar-refractivity contribution in [3.8, 4) is 0 Å². The number of hydrogen-bond acceptors (Lipinski definition) is 0. The first-order chi connectivity index (χ1) is 12.3. The van der Waals surface area contributed by atoms with Gasteiger partial charge < -0.3 is 0 Å². The first-order valence-corrected chi connectivity index (χ1v) is 10.4. The summed E-state index contributed by atoms with van der Waals surface area (Å²) >= 11 is 0. The van der Waals surface area contributed by atoms with Crippen LogP contribution in [-0.2, 0) is 0 Å². The summed E-state index contributed by atoms with van der Waals surface area (Å²) in [5, 5.41) is 0. The summed E-state index contributed by atoms with van der Waals surface area (Å²) in [6.45, 7) is 4.61. The molecule has 2 rings (SSSR count). The van der Waals surface area contributed by atoms with Crippen LogP contribution in [-0.4, -0.2) is 0 Å². The Hall–Kier alpha value is -1.56. The van der Waals surface area contributed by atoms with Crippen LogP contribution in [0.5, 0.6) is 0 Å². The quantitative estimate of drug-likeness (QED) is 0.358. The first-order valence-electron chi connectivity index (χ1n) is 10.4. The van der Waals surface area contributed by atoms with Gasteiger partial charge in [0.1, 0.15) is 0 Å². The lowest BCUT2D eigenvalue weighted by molar-refractivity contribution is 0.471. The van der Waals surface area contributed by atoms with Crippen molar-refractivity contribution in [1.29, 1.82) is 0 Å². The van der Waals surface area contributed by atoms with Gasteiger partial charge in [-0.3, -0.25) is 0 Å². The van der Waals surface area contributed by atoms with Gasteiger partial charge in [0.25, 0.3) is 0 Å². The van der Waals surface area contributed by atoms with Gasteiger partial charge in [0.15, 0.2) is 0 Å². The van der Waals surface area contributed by atoms with Crippen LogP contribution >= 0.6 is 0 Å². The molecule has 0 saturated carbocycles. The molecule has 0 bridgehead atoms. The smallest absolute Gasteiger partial charge is 0.0162 e. The fraction of sp³-hybridized carbons (Fsp3) is 0.538. The van der Waals surface area contributed by atoms with Crippen LogP contribution in [0.1, 0.15) is 102 Å². The molecule has 0 aliphatic carbocycles. The van der Waals surface area contributed by atoms with E-state index in [0.29, 0.717) is 0 Å². The Labute approximate surface area is 163 Å². The van der Waals surface area contributed by atoms with E-state index in [4.69, 9.17) is 0 Å². The maximum Gasteiger partial charge on any atom is -0.0162 e. The number of benzene rings is 2. The minimum Gasteiger partial charge on any atom is -0.0776 e. The molecule has 2 unspecified atom stereocenters. The van der Waals surface area contributed by atoms with Gasteiger partial charge in [-0.1, -0.05) is 114 Å². The molecule has 0 spiro atoms. The van der Waals surface area contributed by atoms with E-state index in [2.05, 4.69) is 74.5 Å². The largest absolute Gasteiger partial charge is 0.0776 e. The minimum atomic E-state index is 0. The Bertz CT molecular complexity index is 491. The van der Waals surface area contributed by atoms with E-state index in [9.17, 15) is 0 Å². The van der Waals surface area contributed by atoms with Crippen molar-refractivity contribution in [3.63, 3.8) is 0 Å². The zero-order chi connectivity index (χ0) is 17.7. The molecule has 2 aromatic carbocycles. The highest BCUT2D eigenvalue weighted by molar-refractivity contribution is 5.20. The zero-order valence-corrected chi connectivity index (χ0v) is 16.3. The Kier molecular flexibility index (Phi) is 11.8. The maximum absolute atomic E-state index is 2.33. The molecule has 26 heavy (non-hydrogen) atoms. The highest BCUT2D eigenvalue weighted by Crippen LogP contribution is 2.32. The molecule has 0 N–H and O–H groups in total. The van der Waals surface area contributed by atoms with Crippen LogP contribution in [0.4, 0.5) is 0 Å². The molecule has 0 aromatic heterocycles. The molecule has 0 radical (unpaired) electrons. The Morgan fingerprint density at radius 2 is 0.885 bits per heavy atom. The molecule has 0 heterocycles. The van der Waals surface area contributed by atoms with Crippen LogP contribution in [0, 0.1) is 0 Å². The van der Waals surface area contributed by atoms with E-state index in [1.54, 1.807) is 11.1 Å². The molecule has 0 amide bonds. The van der Waals surface area contributed by atoms with Gasteiger partial charge >= 0.3 is 0 Å². The van der Waals surface area contributed by atoms with E-state index in [0.717, 1.165) is 11.8 Å². The van der Waals surface area contributed by atoms with Crippen molar-refractivity contribution in [2.45, 2.75) is 90.9 Å². The lowest BCUT2D eigenvalue weighted by atomic mass is 9.84. The summed E-state index contributed by atoms with van der Waals surface area (Å²) < 4.78 is 0. The first kappa shape index (κ1) is 22.5. The standard InChI is InChI=1S/C25H36.CH4/c1-3-5-14-22(24-16-9-7-10-17-24)20-13-21-23(15-6-4-2)25-18-11-8-12-19-25;/h7-12,16-19,22-23H,3-6,13-15,20-21H2,1-2H3;1H4. The molecule has 0 heteroatoms. The maximum atomic E-state index is 2.33. The van der Waals surface area contributed by atoms with Gasteiger partial charge in [-0.25, -0.2) is 0 Å². The van der Waals surface area contributed by atoms with Crippen LogP contribution in [0.25, 0.3) is 0 Å². The zero-order valence-electron chi connectivity index (χ0n) is 16.3. The van der Waals surface area contributed by atoms with Crippen molar-refractivity contribution >= 4 is 0 Å². The van der Waals surface area contributed by atoms with Gasteiger partial charge in [0, 0.05) is 0 Å². The predicted molar refractivity (Wildman–Crippen MR) is 118 cm³/mol. The third kappa shape index (κ3) is 7.77. The van der Waals surface area contributed by atoms with Crippen LogP contribution in [0.2, 0.25) is 0 Å². The average molecular weight is 353 g/mol. The van der Waals surface area contributed by atoms with E-state index in [1.807, 2.05) is 0 Å². The summed E-state index contributed by atoms with van der Waals surface area (Å²) in [6.07, 6.45) is 12.0. The van der Waals surface area contributed by atoms with E-state index in [1.165, 1.54) is 57.8 Å². The molecule has 2 atom stereocenters. The van der Waals surface area contributed by atoms with E-state index < -0.39 is 0 Å². The topological polar surface area (TPSA) is 0 Å². The fourth-order valence-corrected chi connectivity index (χ4v) is 3.92. The number of unbranched alkanes of at least 4 members (excludes halogenated alkanes) is 2. The normalized spacial score (nSPS) is 13.0.